The highest BCUT2D eigenvalue weighted by atomic mass is 14.8. The van der Waals surface area contributed by atoms with E-state index in [1.54, 1.807) is 5.57 Å². The van der Waals surface area contributed by atoms with Gasteiger partial charge in [-0.05, 0) is 26.2 Å². The summed E-state index contributed by atoms with van der Waals surface area (Å²) >= 11 is 0. The molecule has 0 saturated heterocycles. The number of rotatable bonds is 1. The minimum Gasteiger partial charge on any atom is -0.391 e. The lowest BCUT2D eigenvalue weighted by atomic mass is 10.3. The number of allylic oxidation sites excluding steroid dienone is 2. The summed E-state index contributed by atoms with van der Waals surface area (Å²) in [5.41, 5.74) is 3.01. The average Bonchev–Trinajstić information content (AvgIpc) is 2.14. The quantitative estimate of drug-likeness (QED) is 0.542. The Morgan fingerprint density at radius 2 is 2.12 bits per heavy atom. The molecule has 1 heteroatoms. The van der Waals surface area contributed by atoms with Crippen LogP contribution in [0.2, 0.25) is 0 Å². The van der Waals surface area contributed by atoms with Gasteiger partial charge in [0.2, 0.25) is 0 Å². The first kappa shape index (κ1) is 5.67. The van der Waals surface area contributed by atoms with E-state index in [2.05, 4.69) is 12.2 Å². The summed E-state index contributed by atoms with van der Waals surface area (Å²) in [4.78, 5) is 0. The fourth-order valence-corrected chi connectivity index (χ4v) is 1.23. The molecule has 0 unspecified atom stereocenters. The van der Waals surface area contributed by atoms with Crippen LogP contribution in [0.25, 0.3) is 0 Å². The van der Waals surface area contributed by atoms with Gasteiger partial charge in [0.25, 0.3) is 0 Å². The van der Waals surface area contributed by atoms with Crippen LogP contribution < -0.4 is 5.32 Å². The van der Waals surface area contributed by atoms with Crippen LogP contribution in [-0.2, 0) is 0 Å². The highest BCUT2D eigenvalue weighted by Gasteiger charge is 2.07. The van der Waals surface area contributed by atoms with Gasteiger partial charge in [-0.2, -0.15) is 0 Å². The van der Waals surface area contributed by atoms with Gasteiger partial charge >= 0.3 is 0 Å². The second-order valence-electron chi connectivity index (χ2n) is 2.36. The van der Waals surface area contributed by atoms with Crippen molar-refractivity contribution in [1.29, 1.82) is 0 Å². The molecule has 1 nitrogen and oxygen atoms in total. The first-order valence-electron chi connectivity index (χ1n) is 3.21. The lowest BCUT2D eigenvalue weighted by Gasteiger charge is -1.98. The predicted octanol–water partition coefficient (Wildman–Crippen LogP) is 1.66. The molecular weight excluding hydrogens is 98.1 g/mol. The average molecular weight is 111 g/mol. The Balaban J connectivity index is 2.58. The summed E-state index contributed by atoms with van der Waals surface area (Å²) in [5, 5.41) is 3.19. The van der Waals surface area contributed by atoms with Crippen LogP contribution in [0, 0.1) is 0 Å². The van der Waals surface area contributed by atoms with E-state index in [1.807, 2.05) is 7.05 Å². The van der Waals surface area contributed by atoms with E-state index in [-0.39, 0.29) is 0 Å². The lowest BCUT2D eigenvalue weighted by Crippen LogP contribution is -2.03. The van der Waals surface area contributed by atoms with Gasteiger partial charge in [0, 0.05) is 12.7 Å². The van der Waals surface area contributed by atoms with Gasteiger partial charge in [-0.15, -0.1) is 0 Å². The summed E-state index contributed by atoms with van der Waals surface area (Å²) in [6.07, 6.45) is 3.92. The smallest absolute Gasteiger partial charge is 0.00932 e. The molecule has 0 bridgehead atoms. The van der Waals surface area contributed by atoms with Crippen LogP contribution in [0.3, 0.4) is 0 Å². The molecule has 0 spiro atoms. The van der Waals surface area contributed by atoms with Crippen molar-refractivity contribution in [2.75, 3.05) is 7.05 Å². The second kappa shape index (κ2) is 2.21. The Morgan fingerprint density at radius 3 is 2.38 bits per heavy atom. The van der Waals surface area contributed by atoms with Crippen molar-refractivity contribution >= 4 is 0 Å². The van der Waals surface area contributed by atoms with Crippen LogP contribution in [0.5, 0.6) is 0 Å². The number of hydrogen-bond donors (Lipinski definition) is 1. The molecule has 0 aromatic rings. The summed E-state index contributed by atoms with van der Waals surface area (Å²) in [7, 11) is 2.00. The van der Waals surface area contributed by atoms with E-state index in [0.29, 0.717) is 0 Å². The molecule has 1 aliphatic carbocycles. The Kier molecular flexibility index (Phi) is 1.56. The van der Waals surface area contributed by atoms with Crippen molar-refractivity contribution in [2.45, 2.75) is 26.2 Å². The fraction of sp³-hybridized carbons (Fsp3) is 0.714. The third kappa shape index (κ3) is 0.857. The first-order chi connectivity index (χ1) is 3.84. The van der Waals surface area contributed by atoms with Crippen molar-refractivity contribution in [3.8, 4) is 0 Å². The van der Waals surface area contributed by atoms with Crippen molar-refractivity contribution in [3.05, 3.63) is 11.3 Å². The van der Waals surface area contributed by atoms with Crippen LogP contribution >= 0.6 is 0 Å². The maximum absolute atomic E-state index is 3.19. The summed E-state index contributed by atoms with van der Waals surface area (Å²) in [5.74, 6) is 0. The Hall–Kier alpha value is -0.460. The Labute approximate surface area is 50.8 Å². The van der Waals surface area contributed by atoms with Gasteiger partial charge in [0.15, 0.2) is 0 Å². The van der Waals surface area contributed by atoms with E-state index in [0.717, 1.165) is 0 Å². The molecule has 0 amide bonds. The molecular formula is C7H13N. The number of nitrogens with one attached hydrogen (secondary N) is 1. The van der Waals surface area contributed by atoms with Crippen molar-refractivity contribution in [2.24, 2.45) is 0 Å². The normalized spacial score (nSPS) is 19.8. The SMILES string of the molecule is CNC1=C(C)CCC1. The second-order valence-corrected chi connectivity index (χ2v) is 2.36. The van der Waals surface area contributed by atoms with Gasteiger partial charge in [0.05, 0.1) is 0 Å². The molecule has 1 aliphatic rings. The van der Waals surface area contributed by atoms with Crippen LogP contribution in [0.4, 0.5) is 0 Å². The summed E-state index contributed by atoms with van der Waals surface area (Å²) in [6, 6.07) is 0. The van der Waals surface area contributed by atoms with E-state index in [1.165, 1.54) is 25.0 Å². The maximum atomic E-state index is 3.19. The van der Waals surface area contributed by atoms with Gasteiger partial charge < -0.3 is 5.32 Å². The fourth-order valence-electron chi connectivity index (χ4n) is 1.23. The van der Waals surface area contributed by atoms with E-state index < -0.39 is 0 Å². The molecule has 0 atom stereocenters. The van der Waals surface area contributed by atoms with Gasteiger partial charge in [-0.1, -0.05) is 5.57 Å². The zero-order valence-electron chi connectivity index (χ0n) is 5.62. The molecule has 0 saturated carbocycles. The Morgan fingerprint density at radius 1 is 1.38 bits per heavy atom. The predicted molar refractivity (Wildman–Crippen MR) is 35.6 cm³/mol. The first-order valence-corrected chi connectivity index (χ1v) is 3.21. The van der Waals surface area contributed by atoms with Crippen LogP contribution in [0.1, 0.15) is 26.2 Å². The molecule has 0 aromatic carbocycles. The van der Waals surface area contributed by atoms with Crippen LogP contribution in [0.15, 0.2) is 11.3 Å². The third-order valence-corrected chi connectivity index (χ3v) is 1.80. The highest BCUT2D eigenvalue weighted by molar-refractivity contribution is 5.14. The minimum atomic E-state index is 1.27. The van der Waals surface area contributed by atoms with Crippen molar-refractivity contribution in [3.63, 3.8) is 0 Å². The molecule has 8 heavy (non-hydrogen) atoms. The summed E-state index contributed by atoms with van der Waals surface area (Å²) in [6.45, 7) is 2.21. The highest BCUT2D eigenvalue weighted by Crippen LogP contribution is 2.22. The van der Waals surface area contributed by atoms with Gasteiger partial charge in [0.1, 0.15) is 0 Å². The van der Waals surface area contributed by atoms with Crippen molar-refractivity contribution in [1.82, 2.24) is 5.32 Å². The van der Waals surface area contributed by atoms with Crippen LogP contribution in [-0.4, -0.2) is 7.05 Å². The lowest BCUT2D eigenvalue weighted by molar-refractivity contribution is 0.846. The minimum absolute atomic E-state index is 1.27. The zero-order chi connectivity index (χ0) is 5.98. The molecule has 1 rings (SSSR count). The molecule has 0 aliphatic heterocycles. The standard InChI is InChI=1S/C7H13N/c1-6-4-3-5-7(6)8-2/h8H,3-5H2,1-2H3. The molecule has 0 radical (unpaired) electrons. The summed E-state index contributed by atoms with van der Waals surface area (Å²) < 4.78 is 0. The maximum Gasteiger partial charge on any atom is 0.00932 e. The Bertz CT molecular complexity index is 114. The largest absolute Gasteiger partial charge is 0.391 e. The molecule has 0 heterocycles. The van der Waals surface area contributed by atoms with Crippen molar-refractivity contribution < 1.29 is 0 Å². The number of hydrogen-bond acceptors (Lipinski definition) is 1. The topological polar surface area (TPSA) is 12.0 Å². The third-order valence-electron chi connectivity index (χ3n) is 1.80. The monoisotopic (exact) mass is 111 g/mol. The van der Waals surface area contributed by atoms with E-state index in [9.17, 15) is 0 Å². The van der Waals surface area contributed by atoms with Gasteiger partial charge in [-0.25, -0.2) is 0 Å². The molecule has 0 aromatic heterocycles. The van der Waals surface area contributed by atoms with E-state index in [4.69, 9.17) is 0 Å². The van der Waals surface area contributed by atoms with Gasteiger partial charge in [-0.3, -0.25) is 0 Å². The van der Waals surface area contributed by atoms with E-state index >= 15 is 0 Å². The zero-order valence-corrected chi connectivity index (χ0v) is 5.62. The molecule has 0 fully saturated rings. The molecule has 46 valence electrons. The molecule has 1 N–H and O–H groups in total.